The van der Waals surface area contributed by atoms with Gasteiger partial charge in [0.05, 0.1) is 0 Å². The van der Waals surface area contributed by atoms with Crippen molar-refractivity contribution in [2.24, 2.45) is 0 Å². The lowest BCUT2D eigenvalue weighted by molar-refractivity contribution is 0.435. The van der Waals surface area contributed by atoms with Crippen LogP contribution in [-0.2, 0) is 6.42 Å². The van der Waals surface area contributed by atoms with Gasteiger partial charge in [-0.2, -0.15) is 0 Å². The molecule has 3 heteroatoms. The molecule has 0 aliphatic rings. The Balaban J connectivity index is 2.50. The molecule has 0 aliphatic heterocycles. The van der Waals surface area contributed by atoms with Gasteiger partial charge in [-0.05, 0) is 12.0 Å². The maximum Gasteiger partial charge on any atom is 0.169 e. The molecular weight excluding hydrogens is 176 g/mol. The molecule has 0 saturated carbocycles. The van der Waals surface area contributed by atoms with Crippen LogP contribution in [0, 0.1) is 0 Å². The van der Waals surface area contributed by atoms with E-state index in [1.54, 1.807) is 6.07 Å². The fourth-order valence-electron chi connectivity index (χ4n) is 1.48. The summed E-state index contributed by atoms with van der Waals surface area (Å²) in [6.07, 6.45) is 0.969. The lowest BCUT2D eigenvalue weighted by Gasteiger charge is -2.02. The molecule has 0 unspecified atom stereocenters. The lowest BCUT2D eigenvalue weighted by Crippen LogP contribution is -1.85. The van der Waals surface area contributed by atoms with Crippen LogP contribution in [0.5, 0.6) is 0 Å². The molecule has 72 valence electrons. The molecular formula is C11H12N2O. The van der Waals surface area contributed by atoms with Crippen LogP contribution in [0.1, 0.15) is 12.5 Å². The first-order valence-corrected chi connectivity index (χ1v) is 4.61. The normalized spacial score (nSPS) is 10.4. The van der Waals surface area contributed by atoms with Gasteiger partial charge in [-0.25, -0.2) is 0 Å². The van der Waals surface area contributed by atoms with Gasteiger partial charge in [-0.15, -0.1) is 0 Å². The molecule has 2 rings (SSSR count). The van der Waals surface area contributed by atoms with Crippen molar-refractivity contribution in [3.63, 3.8) is 0 Å². The van der Waals surface area contributed by atoms with Crippen LogP contribution in [0.15, 0.2) is 34.9 Å². The second-order valence-electron chi connectivity index (χ2n) is 3.13. The van der Waals surface area contributed by atoms with E-state index >= 15 is 0 Å². The van der Waals surface area contributed by atoms with E-state index in [-0.39, 0.29) is 0 Å². The van der Waals surface area contributed by atoms with Gasteiger partial charge in [0.25, 0.3) is 0 Å². The molecule has 0 bridgehead atoms. The quantitative estimate of drug-likeness (QED) is 0.787. The Kier molecular flexibility index (Phi) is 2.23. The molecule has 0 atom stereocenters. The summed E-state index contributed by atoms with van der Waals surface area (Å²) in [7, 11) is 0. The first kappa shape index (κ1) is 8.81. The zero-order valence-corrected chi connectivity index (χ0v) is 8.03. The number of hydrogen-bond donors (Lipinski definition) is 1. The number of benzene rings is 1. The van der Waals surface area contributed by atoms with Crippen LogP contribution in [0.3, 0.4) is 0 Å². The average molecular weight is 188 g/mol. The number of anilines is 1. The topological polar surface area (TPSA) is 52.0 Å². The van der Waals surface area contributed by atoms with Crippen molar-refractivity contribution in [3.8, 4) is 11.3 Å². The number of nitrogen functional groups attached to an aromatic ring is 1. The Hall–Kier alpha value is -1.77. The molecule has 0 radical (unpaired) electrons. The van der Waals surface area contributed by atoms with E-state index in [2.05, 4.69) is 18.1 Å². The predicted molar refractivity (Wildman–Crippen MR) is 55.7 cm³/mol. The minimum absolute atomic E-state index is 0.422. The summed E-state index contributed by atoms with van der Waals surface area (Å²) in [5.41, 5.74) is 7.81. The van der Waals surface area contributed by atoms with E-state index in [9.17, 15) is 0 Å². The molecule has 0 spiro atoms. The van der Waals surface area contributed by atoms with E-state index in [4.69, 9.17) is 10.3 Å². The SMILES string of the molecule is CCc1ccccc1-c1cc(N)no1. The Morgan fingerprint density at radius 1 is 1.36 bits per heavy atom. The first-order chi connectivity index (χ1) is 6.81. The first-order valence-electron chi connectivity index (χ1n) is 4.61. The number of nitrogens with two attached hydrogens (primary N) is 1. The molecule has 3 nitrogen and oxygen atoms in total. The highest BCUT2D eigenvalue weighted by Crippen LogP contribution is 2.25. The summed E-state index contributed by atoms with van der Waals surface area (Å²) in [4.78, 5) is 0. The fraction of sp³-hybridized carbons (Fsp3) is 0.182. The van der Waals surface area contributed by atoms with E-state index in [0.29, 0.717) is 5.82 Å². The molecule has 2 N–H and O–H groups in total. The average Bonchev–Trinajstić information content (AvgIpc) is 2.65. The van der Waals surface area contributed by atoms with Crippen LogP contribution in [-0.4, -0.2) is 5.16 Å². The largest absolute Gasteiger partial charge is 0.381 e. The summed E-state index contributed by atoms with van der Waals surface area (Å²) < 4.78 is 5.12. The molecule has 0 aliphatic carbocycles. The molecule has 0 fully saturated rings. The predicted octanol–water partition coefficient (Wildman–Crippen LogP) is 2.49. The summed E-state index contributed by atoms with van der Waals surface area (Å²) in [6.45, 7) is 2.11. The van der Waals surface area contributed by atoms with E-state index in [0.717, 1.165) is 17.7 Å². The zero-order chi connectivity index (χ0) is 9.97. The smallest absolute Gasteiger partial charge is 0.169 e. The summed E-state index contributed by atoms with van der Waals surface area (Å²) in [5, 5.41) is 3.67. The highest BCUT2D eigenvalue weighted by molar-refractivity contribution is 5.64. The van der Waals surface area contributed by atoms with Gasteiger partial charge in [0, 0.05) is 11.6 Å². The van der Waals surface area contributed by atoms with Crippen LogP contribution >= 0.6 is 0 Å². The molecule has 1 aromatic carbocycles. The van der Waals surface area contributed by atoms with Crippen LogP contribution in [0.4, 0.5) is 5.82 Å². The van der Waals surface area contributed by atoms with Crippen molar-refractivity contribution in [3.05, 3.63) is 35.9 Å². The van der Waals surface area contributed by atoms with Crippen molar-refractivity contribution >= 4 is 5.82 Å². The summed E-state index contributed by atoms with van der Waals surface area (Å²) >= 11 is 0. The standard InChI is InChI=1S/C11H12N2O/c1-2-8-5-3-4-6-9(8)10-7-11(12)13-14-10/h3-7H,2H2,1H3,(H2,12,13). The number of rotatable bonds is 2. The lowest BCUT2D eigenvalue weighted by atomic mass is 10.0. The molecule has 14 heavy (non-hydrogen) atoms. The Labute approximate surface area is 82.5 Å². The number of aryl methyl sites for hydroxylation is 1. The molecule has 1 heterocycles. The van der Waals surface area contributed by atoms with Gasteiger partial charge in [0.2, 0.25) is 0 Å². The van der Waals surface area contributed by atoms with E-state index in [1.165, 1.54) is 5.56 Å². The molecule has 1 aromatic heterocycles. The minimum atomic E-state index is 0.422. The van der Waals surface area contributed by atoms with Crippen molar-refractivity contribution in [1.29, 1.82) is 0 Å². The highest BCUT2D eigenvalue weighted by Gasteiger charge is 2.07. The van der Waals surface area contributed by atoms with Gasteiger partial charge in [0.1, 0.15) is 0 Å². The van der Waals surface area contributed by atoms with Crippen LogP contribution < -0.4 is 5.73 Å². The highest BCUT2D eigenvalue weighted by atomic mass is 16.5. The zero-order valence-electron chi connectivity index (χ0n) is 8.03. The van der Waals surface area contributed by atoms with Gasteiger partial charge < -0.3 is 10.3 Å². The maximum atomic E-state index is 5.50. The van der Waals surface area contributed by atoms with Crippen molar-refractivity contribution in [1.82, 2.24) is 5.16 Å². The van der Waals surface area contributed by atoms with Crippen molar-refractivity contribution in [2.75, 3.05) is 5.73 Å². The second-order valence-corrected chi connectivity index (χ2v) is 3.13. The maximum absolute atomic E-state index is 5.50. The molecule has 0 saturated heterocycles. The van der Waals surface area contributed by atoms with Crippen LogP contribution in [0.2, 0.25) is 0 Å². The third-order valence-corrected chi connectivity index (χ3v) is 2.19. The van der Waals surface area contributed by atoms with Gasteiger partial charge in [0.15, 0.2) is 11.6 Å². The third-order valence-electron chi connectivity index (χ3n) is 2.19. The minimum Gasteiger partial charge on any atom is -0.381 e. The third kappa shape index (κ3) is 1.48. The molecule has 2 aromatic rings. The monoisotopic (exact) mass is 188 g/mol. The van der Waals surface area contributed by atoms with E-state index < -0.39 is 0 Å². The Morgan fingerprint density at radius 3 is 2.79 bits per heavy atom. The molecule has 0 amide bonds. The Bertz CT molecular complexity index is 434. The number of hydrogen-bond acceptors (Lipinski definition) is 3. The fourth-order valence-corrected chi connectivity index (χ4v) is 1.48. The number of nitrogens with zero attached hydrogens (tertiary/aromatic N) is 1. The van der Waals surface area contributed by atoms with Crippen molar-refractivity contribution < 1.29 is 4.52 Å². The van der Waals surface area contributed by atoms with E-state index in [1.807, 2.05) is 18.2 Å². The summed E-state index contributed by atoms with van der Waals surface area (Å²) in [6, 6.07) is 9.83. The summed E-state index contributed by atoms with van der Waals surface area (Å²) in [5.74, 6) is 1.16. The van der Waals surface area contributed by atoms with Gasteiger partial charge in [-0.1, -0.05) is 36.3 Å². The Morgan fingerprint density at radius 2 is 2.14 bits per heavy atom. The number of aromatic nitrogens is 1. The van der Waals surface area contributed by atoms with Gasteiger partial charge in [-0.3, -0.25) is 0 Å². The van der Waals surface area contributed by atoms with Crippen molar-refractivity contribution in [2.45, 2.75) is 13.3 Å². The second kappa shape index (κ2) is 3.54. The van der Waals surface area contributed by atoms with Crippen LogP contribution in [0.25, 0.3) is 11.3 Å². The van der Waals surface area contributed by atoms with Gasteiger partial charge >= 0.3 is 0 Å².